The normalized spacial score (nSPS) is 19.6. The standard InChI is InChI=1S/C15H20FNO3/c1-19-15(18)12-3-2-8-17(11-12)9-10-20-14-6-4-13(16)5-7-14/h4-7,12H,2-3,8-11H2,1H3. The van der Waals surface area contributed by atoms with Crippen molar-refractivity contribution in [1.29, 1.82) is 0 Å². The summed E-state index contributed by atoms with van der Waals surface area (Å²) in [6.45, 7) is 2.98. The molecule has 1 saturated heterocycles. The molecule has 1 fully saturated rings. The molecule has 20 heavy (non-hydrogen) atoms. The molecule has 0 N–H and O–H groups in total. The highest BCUT2D eigenvalue weighted by Crippen LogP contribution is 2.17. The first-order valence-electron chi connectivity index (χ1n) is 6.87. The number of carbonyl (C=O) groups is 1. The van der Waals surface area contributed by atoms with Crippen LogP contribution >= 0.6 is 0 Å². The first kappa shape index (κ1) is 14.8. The highest BCUT2D eigenvalue weighted by Gasteiger charge is 2.26. The molecule has 0 saturated carbocycles. The van der Waals surface area contributed by atoms with E-state index >= 15 is 0 Å². The molecular weight excluding hydrogens is 261 g/mol. The summed E-state index contributed by atoms with van der Waals surface area (Å²) in [6, 6.07) is 5.98. The lowest BCUT2D eigenvalue weighted by molar-refractivity contribution is -0.147. The van der Waals surface area contributed by atoms with Crippen LogP contribution in [0.5, 0.6) is 5.75 Å². The average Bonchev–Trinajstić information content (AvgIpc) is 2.49. The summed E-state index contributed by atoms with van der Waals surface area (Å²) >= 11 is 0. The number of benzene rings is 1. The quantitative estimate of drug-likeness (QED) is 0.775. The van der Waals surface area contributed by atoms with Crippen molar-refractivity contribution in [3.8, 4) is 5.75 Å². The van der Waals surface area contributed by atoms with Gasteiger partial charge in [0, 0.05) is 13.1 Å². The Balaban J connectivity index is 1.73. The monoisotopic (exact) mass is 281 g/mol. The average molecular weight is 281 g/mol. The summed E-state index contributed by atoms with van der Waals surface area (Å²) in [6.07, 6.45) is 1.89. The molecule has 1 aliphatic rings. The molecule has 1 atom stereocenters. The van der Waals surface area contributed by atoms with Gasteiger partial charge in [0.05, 0.1) is 13.0 Å². The number of hydrogen-bond acceptors (Lipinski definition) is 4. The Morgan fingerprint density at radius 2 is 2.15 bits per heavy atom. The second-order valence-corrected chi connectivity index (χ2v) is 4.97. The number of ether oxygens (including phenoxy) is 2. The number of piperidine rings is 1. The van der Waals surface area contributed by atoms with Crippen LogP contribution in [0.3, 0.4) is 0 Å². The number of carbonyl (C=O) groups excluding carboxylic acids is 1. The number of hydrogen-bond donors (Lipinski definition) is 0. The SMILES string of the molecule is COC(=O)C1CCCN(CCOc2ccc(F)cc2)C1. The molecule has 4 nitrogen and oxygen atoms in total. The van der Waals surface area contributed by atoms with Gasteiger partial charge in [0.2, 0.25) is 0 Å². The topological polar surface area (TPSA) is 38.8 Å². The molecule has 1 aromatic carbocycles. The zero-order valence-electron chi connectivity index (χ0n) is 11.7. The van der Waals surface area contributed by atoms with Crippen LogP contribution in [0.2, 0.25) is 0 Å². The molecule has 1 aliphatic heterocycles. The van der Waals surface area contributed by atoms with Crippen LogP contribution in [0.4, 0.5) is 4.39 Å². The van der Waals surface area contributed by atoms with Gasteiger partial charge in [0.25, 0.3) is 0 Å². The third kappa shape index (κ3) is 4.20. The summed E-state index contributed by atoms with van der Waals surface area (Å²) in [5, 5.41) is 0. The minimum Gasteiger partial charge on any atom is -0.492 e. The molecule has 1 heterocycles. The van der Waals surface area contributed by atoms with E-state index in [2.05, 4.69) is 4.90 Å². The van der Waals surface area contributed by atoms with E-state index in [0.29, 0.717) is 12.4 Å². The maximum absolute atomic E-state index is 12.7. The van der Waals surface area contributed by atoms with Gasteiger partial charge in [0.15, 0.2) is 0 Å². The lowest BCUT2D eigenvalue weighted by Gasteiger charge is -2.31. The summed E-state index contributed by atoms with van der Waals surface area (Å²) in [5.41, 5.74) is 0. The molecule has 110 valence electrons. The van der Waals surface area contributed by atoms with Gasteiger partial charge in [-0.05, 0) is 43.7 Å². The highest BCUT2D eigenvalue weighted by molar-refractivity contribution is 5.72. The van der Waals surface area contributed by atoms with Gasteiger partial charge in [-0.15, -0.1) is 0 Å². The fourth-order valence-electron chi connectivity index (χ4n) is 2.44. The maximum atomic E-state index is 12.7. The lowest BCUT2D eigenvalue weighted by Crippen LogP contribution is -2.41. The van der Waals surface area contributed by atoms with Crippen molar-refractivity contribution in [3.05, 3.63) is 30.1 Å². The predicted molar refractivity (Wildman–Crippen MR) is 73.1 cm³/mol. The molecule has 1 aromatic rings. The second kappa shape index (κ2) is 7.24. The van der Waals surface area contributed by atoms with Crippen LogP contribution in [0, 0.1) is 11.7 Å². The van der Waals surface area contributed by atoms with E-state index in [1.807, 2.05) is 0 Å². The Labute approximate surface area is 118 Å². The van der Waals surface area contributed by atoms with Gasteiger partial charge in [-0.3, -0.25) is 9.69 Å². The van der Waals surface area contributed by atoms with Crippen LogP contribution in [-0.2, 0) is 9.53 Å². The maximum Gasteiger partial charge on any atom is 0.309 e. The zero-order chi connectivity index (χ0) is 14.4. The largest absolute Gasteiger partial charge is 0.492 e. The highest BCUT2D eigenvalue weighted by atomic mass is 19.1. The van der Waals surface area contributed by atoms with E-state index in [-0.39, 0.29) is 17.7 Å². The summed E-state index contributed by atoms with van der Waals surface area (Å²) in [7, 11) is 1.43. The molecule has 0 bridgehead atoms. The van der Waals surface area contributed by atoms with Crippen molar-refractivity contribution in [3.63, 3.8) is 0 Å². The van der Waals surface area contributed by atoms with Gasteiger partial charge in [-0.1, -0.05) is 0 Å². The Bertz CT molecular complexity index is 435. The molecule has 0 spiro atoms. The van der Waals surface area contributed by atoms with Crippen molar-refractivity contribution in [2.24, 2.45) is 5.92 Å². The summed E-state index contributed by atoms with van der Waals surface area (Å²) < 4.78 is 23.1. The number of halogens is 1. The Kier molecular flexibility index (Phi) is 5.35. The molecule has 0 aliphatic carbocycles. The fraction of sp³-hybridized carbons (Fsp3) is 0.533. The van der Waals surface area contributed by atoms with E-state index < -0.39 is 0 Å². The van der Waals surface area contributed by atoms with Crippen molar-refractivity contribution < 1.29 is 18.7 Å². The van der Waals surface area contributed by atoms with Crippen molar-refractivity contribution in [1.82, 2.24) is 4.90 Å². The van der Waals surface area contributed by atoms with Gasteiger partial charge in [-0.25, -0.2) is 4.39 Å². The van der Waals surface area contributed by atoms with E-state index in [4.69, 9.17) is 9.47 Å². The third-order valence-corrected chi connectivity index (χ3v) is 3.53. The number of rotatable bonds is 5. The van der Waals surface area contributed by atoms with E-state index in [9.17, 15) is 9.18 Å². The molecule has 5 heteroatoms. The summed E-state index contributed by atoms with van der Waals surface area (Å²) in [4.78, 5) is 13.7. The Hall–Kier alpha value is -1.62. The lowest BCUT2D eigenvalue weighted by atomic mass is 9.98. The Morgan fingerprint density at radius 3 is 2.85 bits per heavy atom. The number of methoxy groups -OCH3 is 1. The van der Waals surface area contributed by atoms with E-state index in [0.717, 1.165) is 32.5 Å². The van der Waals surface area contributed by atoms with Crippen molar-refractivity contribution in [2.45, 2.75) is 12.8 Å². The molecule has 0 radical (unpaired) electrons. The number of esters is 1. The molecule has 0 amide bonds. The van der Waals surface area contributed by atoms with Crippen LogP contribution in [-0.4, -0.2) is 44.2 Å². The smallest absolute Gasteiger partial charge is 0.309 e. The third-order valence-electron chi connectivity index (χ3n) is 3.53. The minimum absolute atomic E-state index is 0.0282. The first-order chi connectivity index (χ1) is 9.69. The van der Waals surface area contributed by atoms with Crippen LogP contribution < -0.4 is 4.74 Å². The minimum atomic E-state index is -0.269. The second-order valence-electron chi connectivity index (χ2n) is 4.97. The predicted octanol–water partition coefficient (Wildman–Crippen LogP) is 2.09. The number of nitrogens with zero attached hydrogens (tertiary/aromatic N) is 1. The molecular formula is C15H20FNO3. The molecule has 1 unspecified atom stereocenters. The summed E-state index contributed by atoms with van der Waals surface area (Å²) in [5.74, 6) is 0.232. The zero-order valence-corrected chi connectivity index (χ0v) is 11.7. The van der Waals surface area contributed by atoms with Crippen molar-refractivity contribution >= 4 is 5.97 Å². The first-order valence-corrected chi connectivity index (χ1v) is 6.87. The van der Waals surface area contributed by atoms with Gasteiger partial charge >= 0.3 is 5.97 Å². The Morgan fingerprint density at radius 1 is 1.40 bits per heavy atom. The molecule has 0 aromatic heterocycles. The van der Waals surface area contributed by atoms with Gasteiger partial charge in [0.1, 0.15) is 18.2 Å². The van der Waals surface area contributed by atoms with E-state index in [1.54, 1.807) is 12.1 Å². The van der Waals surface area contributed by atoms with Crippen LogP contribution in [0.15, 0.2) is 24.3 Å². The van der Waals surface area contributed by atoms with Crippen molar-refractivity contribution in [2.75, 3.05) is 33.4 Å². The fourth-order valence-corrected chi connectivity index (χ4v) is 2.44. The van der Waals surface area contributed by atoms with Gasteiger partial charge < -0.3 is 9.47 Å². The van der Waals surface area contributed by atoms with Crippen LogP contribution in [0.25, 0.3) is 0 Å². The number of likely N-dealkylation sites (tertiary alicyclic amines) is 1. The molecule has 2 rings (SSSR count). The van der Waals surface area contributed by atoms with Crippen LogP contribution in [0.1, 0.15) is 12.8 Å². The van der Waals surface area contributed by atoms with Gasteiger partial charge in [-0.2, -0.15) is 0 Å². The van der Waals surface area contributed by atoms with E-state index in [1.165, 1.54) is 19.2 Å².